The molecule has 4 N–H and O–H groups in total. The first-order valence-electron chi connectivity index (χ1n) is 4.02. The van der Waals surface area contributed by atoms with Gasteiger partial charge in [-0.15, -0.1) is 0 Å². The quantitative estimate of drug-likeness (QED) is 0.525. The molecule has 0 aliphatic heterocycles. The number of rotatable bonds is 6. The Balaban J connectivity index is 3.69. The van der Waals surface area contributed by atoms with Crippen LogP contribution in [0, 0.1) is 0 Å². The maximum atomic E-state index is 11.7. The summed E-state index contributed by atoms with van der Waals surface area (Å²) in [6.07, 6.45) is -2.29. The topological polar surface area (TPSA) is 67.2 Å². The first-order valence-corrected chi connectivity index (χ1v) is 4.02. The number of hydrogen-bond acceptors (Lipinski definition) is 3. The Bertz CT molecular complexity index is 155. The molecule has 1 atom stereocenters. The standard InChI is InChI=1S/C7H15F2N3O/c1-11-7(13)2-5(3-10)12-4-6(8)9/h5-6,12H,2-4,10H2,1H3,(H,11,13). The van der Waals surface area contributed by atoms with E-state index in [1.54, 1.807) is 0 Å². The Morgan fingerprint density at radius 1 is 1.54 bits per heavy atom. The third-order valence-electron chi connectivity index (χ3n) is 1.56. The van der Waals surface area contributed by atoms with E-state index in [0.717, 1.165) is 0 Å². The van der Waals surface area contributed by atoms with Gasteiger partial charge in [0.2, 0.25) is 5.91 Å². The maximum absolute atomic E-state index is 11.7. The van der Waals surface area contributed by atoms with Crippen molar-refractivity contribution in [3.05, 3.63) is 0 Å². The molecule has 1 amide bonds. The van der Waals surface area contributed by atoms with Crippen molar-refractivity contribution in [1.29, 1.82) is 0 Å². The van der Waals surface area contributed by atoms with E-state index in [1.165, 1.54) is 7.05 Å². The average molecular weight is 195 g/mol. The Kier molecular flexibility index (Phi) is 6.34. The van der Waals surface area contributed by atoms with Crippen LogP contribution in [0.3, 0.4) is 0 Å². The molecule has 0 radical (unpaired) electrons. The lowest BCUT2D eigenvalue weighted by Gasteiger charge is -2.15. The summed E-state index contributed by atoms with van der Waals surface area (Å²) in [5, 5.41) is 4.89. The van der Waals surface area contributed by atoms with Crippen LogP contribution in [-0.2, 0) is 4.79 Å². The summed E-state index contributed by atoms with van der Waals surface area (Å²) < 4.78 is 23.5. The van der Waals surface area contributed by atoms with Gasteiger partial charge in [-0.3, -0.25) is 4.79 Å². The molecule has 0 saturated carbocycles. The van der Waals surface area contributed by atoms with Crippen molar-refractivity contribution in [2.24, 2.45) is 5.73 Å². The molecule has 0 heterocycles. The fourth-order valence-corrected chi connectivity index (χ4v) is 0.820. The Hall–Kier alpha value is -0.750. The largest absolute Gasteiger partial charge is 0.359 e. The van der Waals surface area contributed by atoms with Crippen molar-refractivity contribution in [2.75, 3.05) is 20.1 Å². The maximum Gasteiger partial charge on any atom is 0.250 e. The molecular formula is C7H15F2N3O. The molecule has 0 aromatic carbocycles. The van der Waals surface area contributed by atoms with Gasteiger partial charge >= 0.3 is 0 Å². The summed E-state index contributed by atoms with van der Waals surface area (Å²) in [6, 6.07) is -0.381. The fraction of sp³-hybridized carbons (Fsp3) is 0.857. The summed E-state index contributed by atoms with van der Waals surface area (Å²) in [4.78, 5) is 10.8. The molecule has 1 unspecified atom stereocenters. The van der Waals surface area contributed by atoms with Crippen molar-refractivity contribution >= 4 is 5.91 Å². The Labute approximate surface area is 75.9 Å². The molecule has 0 aliphatic rings. The molecule has 0 aliphatic carbocycles. The van der Waals surface area contributed by atoms with Crippen molar-refractivity contribution < 1.29 is 13.6 Å². The number of nitrogens with one attached hydrogen (secondary N) is 2. The number of alkyl halides is 2. The molecule has 0 aromatic heterocycles. The molecule has 0 rings (SSSR count). The molecule has 6 heteroatoms. The van der Waals surface area contributed by atoms with Crippen LogP contribution in [0.25, 0.3) is 0 Å². The Morgan fingerprint density at radius 2 is 2.15 bits per heavy atom. The summed E-state index contributed by atoms with van der Waals surface area (Å²) in [5.41, 5.74) is 5.27. The van der Waals surface area contributed by atoms with Gasteiger partial charge in [0.15, 0.2) is 0 Å². The van der Waals surface area contributed by atoms with Crippen LogP contribution in [0.2, 0.25) is 0 Å². The van der Waals surface area contributed by atoms with E-state index in [9.17, 15) is 13.6 Å². The van der Waals surface area contributed by atoms with E-state index in [1.807, 2.05) is 0 Å². The van der Waals surface area contributed by atoms with Crippen LogP contribution in [0.15, 0.2) is 0 Å². The second kappa shape index (κ2) is 6.73. The van der Waals surface area contributed by atoms with Crippen molar-refractivity contribution in [1.82, 2.24) is 10.6 Å². The first kappa shape index (κ1) is 12.2. The van der Waals surface area contributed by atoms with Gasteiger partial charge in [0, 0.05) is 26.1 Å². The summed E-state index contributed by atoms with van der Waals surface area (Å²) in [5.74, 6) is -0.211. The van der Waals surface area contributed by atoms with Crippen LogP contribution < -0.4 is 16.4 Å². The monoisotopic (exact) mass is 195 g/mol. The highest BCUT2D eigenvalue weighted by Crippen LogP contribution is 1.93. The number of hydrogen-bond donors (Lipinski definition) is 3. The van der Waals surface area contributed by atoms with Gasteiger partial charge in [-0.2, -0.15) is 0 Å². The summed E-state index contributed by atoms with van der Waals surface area (Å²) >= 11 is 0. The van der Waals surface area contributed by atoms with Crippen LogP contribution >= 0.6 is 0 Å². The average Bonchev–Trinajstić information content (AvgIpc) is 2.11. The molecule has 0 saturated heterocycles. The number of carbonyl (C=O) groups excluding carboxylic acids is 1. The SMILES string of the molecule is CNC(=O)CC(CN)NCC(F)F. The highest BCUT2D eigenvalue weighted by molar-refractivity contribution is 5.76. The van der Waals surface area contributed by atoms with Gasteiger partial charge in [-0.05, 0) is 0 Å². The second-order valence-electron chi connectivity index (χ2n) is 2.61. The van der Waals surface area contributed by atoms with Crippen LogP contribution in [0.5, 0.6) is 0 Å². The normalized spacial score (nSPS) is 13.0. The minimum Gasteiger partial charge on any atom is -0.359 e. The van der Waals surface area contributed by atoms with Crippen LogP contribution in [-0.4, -0.2) is 38.5 Å². The fourth-order valence-electron chi connectivity index (χ4n) is 0.820. The third kappa shape index (κ3) is 6.41. The Morgan fingerprint density at radius 3 is 2.54 bits per heavy atom. The molecule has 13 heavy (non-hydrogen) atoms. The van der Waals surface area contributed by atoms with Gasteiger partial charge in [0.05, 0.1) is 6.54 Å². The smallest absolute Gasteiger partial charge is 0.250 e. The second-order valence-corrected chi connectivity index (χ2v) is 2.61. The van der Waals surface area contributed by atoms with E-state index < -0.39 is 13.0 Å². The van der Waals surface area contributed by atoms with E-state index >= 15 is 0 Å². The molecule has 4 nitrogen and oxygen atoms in total. The summed E-state index contributed by atoms with van der Waals surface area (Å²) in [7, 11) is 1.49. The predicted molar refractivity (Wildman–Crippen MR) is 45.5 cm³/mol. The molecule has 0 fully saturated rings. The zero-order valence-corrected chi connectivity index (χ0v) is 7.52. The number of carbonyl (C=O) groups is 1. The van der Waals surface area contributed by atoms with Gasteiger partial charge in [0.25, 0.3) is 6.43 Å². The van der Waals surface area contributed by atoms with Gasteiger partial charge in [-0.25, -0.2) is 8.78 Å². The molecule has 0 bridgehead atoms. The number of halogens is 2. The minimum atomic E-state index is -2.42. The zero-order valence-electron chi connectivity index (χ0n) is 7.52. The van der Waals surface area contributed by atoms with E-state index in [4.69, 9.17) is 5.73 Å². The first-order chi connectivity index (χ1) is 6.10. The molecular weight excluding hydrogens is 180 g/mol. The van der Waals surface area contributed by atoms with Crippen LogP contribution in [0.1, 0.15) is 6.42 Å². The lowest BCUT2D eigenvalue weighted by Crippen LogP contribution is -2.41. The highest BCUT2D eigenvalue weighted by Gasteiger charge is 2.12. The van der Waals surface area contributed by atoms with Crippen molar-refractivity contribution in [3.63, 3.8) is 0 Å². The lowest BCUT2D eigenvalue weighted by molar-refractivity contribution is -0.121. The summed E-state index contributed by atoms with van der Waals surface area (Å²) in [6.45, 7) is -0.265. The van der Waals surface area contributed by atoms with Gasteiger partial charge in [-0.1, -0.05) is 0 Å². The van der Waals surface area contributed by atoms with Gasteiger partial charge < -0.3 is 16.4 Å². The van der Waals surface area contributed by atoms with Gasteiger partial charge in [0.1, 0.15) is 0 Å². The lowest BCUT2D eigenvalue weighted by atomic mass is 10.2. The minimum absolute atomic E-state index is 0.125. The number of amides is 1. The zero-order chi connectivity index (χ0) is 10.3. The van der Waals surface area contributed by atoms with E-state index in [2.05, 4.69) is 10.6 Å². The number of nitrogens with two attached hydrogens (primary N) is 1. The van der Waals surface area contributed by atoms with Crippen molar-refractivity contribution in [2.45, 2.75) is 18.9 Å². The van der Waals surface area contributed by atoms with E-state index in [0.29, 0.717) is 0 Å². The predicted octanol–water partition coefficient (Wildman–Crippen LogP) is -0.695. The molecule has 0 spiro atoms. The third-order valence-corrected chi connectivity index (χ3v) is 1.56. The van der Waals surface area contributed by atoms with Crippen LogP contribution in [0.4, 0.5) is 8.78 Å². The molecule has 78 valence electrons. The van der Waals surface area contributed by atoms with Crippen molar-refractivity contribution in [3.8, 4) is 0 Å². The highest BCUT2D eigenvalue weighted by atomic mass is 19.3. The van der Waals surface area contributed by atoms with E-state index in [-0.39, 0.29) is 24.9 Å². The molecule has 0 aromatic rings.